The van der Waals surface area contributed by atoms with Crippen molar-refractivity contribution in [2.75, 3.05) is 57.2 Å². The first kappa shape index (κ1) is 26.8. The summed E-state index contributed by atoms with van der Waals surface area (Å²) in [6.07, 6.45) is 2.58. The maximum absolute atomic E-state index is 14.5. The Kier molecular flexibility index (Phi) is 8.36. The molecule has 1 aliphatic rings. The molecule has 202 valence electrons. The largest absolute Gasteiger partial charge is 0.494 e. The zero-order valence-corrected chi connectivity index (χ0v) is 21.2. The highest BCUT2D eigenvalue weighted by Gasteiger charge is 2.22. The molecule has 2 heterocycles. The van der Waals surface area contributed by atoms with Gasteiger partial charge < -0.3 is 29.3 Å². The standard InChI is InChI=1S/C25H28F2N6O5/c1-4-31-7-9-32(10-8-31)16-5-6-19(20(11-16)33(34)35)30-25-28-13-17(14-29-25)38-15-18-23(26)21(36-2)12-22(37-3)24(18)27/h5-6,11-14H,4,7-10,15H2,1-3H3,(H,28,29,30). The van der Waals surface area contributed by atoms with Crippen LogP contribution in [0.4, 0.5) is 31.8 Å². The number of aromatic nitrogens is 2. The van der Waals surface area contributed by atoms with E-state index in [-0.39, 0.29) is 40.1 Å². The first-order valence-corrected chi connectivity index (χ1v) is 11.9. The van der Waals surface area contributed by atoms with Crippen LogP contribution in [-0.4, -0.2) is 66.7 Å². The van der Waals surface area contributed by atoms with Crippen LogP contribution in [0.2, 0.25) is 0 Å². The number of likely N-dealkylation sites (N-methyl/N-ethyl adjacent to an activating group) is 1. The molecular weight excluding hydrogens is 502 g/mol. The Bertz CT molecular complexity index is 1260. The number of methoxy groups -OCH3 is 2. The minimum Gasteiger partial charge on any atom is -0.494 e. The minimum atomic E-state index is -0.909. The average Bonchev–Trinajstić information content (AvgIpc) is 2.94. The number of piperazine rings is 1. The van der Waals surface area contributed by atoms with Crippen LogP contribution in [0.3, 0.4) is 0 Å². The van der Waals surface area contributed by atoms with Gasteiger partial charge in [-0.2, -0.15) is 0 Å². The number of nitro benzene ring substituents is 1. The van der Waals surface area contributed by atoms with Crippen LogP contribution < -0.4 is 24.4 Å². The first-order chi connectivity index (χ1) is 18.3. The molecule has 0 saturated carbocycles. The van der Waals surface area contributed by atoms with E-state index in [1.54, 1.807) is 6.07 Å². The van der Waals surface area contributed by atoms with E-state index in [1.807, 2.05) is 6.07 Å². The predicted molar refractivity (Wildman–Crippen MR) is 137 cm³/mol. The molecule has 0 amide bonds. The third kappa shape index (κ3) is 5.83. The molecule has 0 atom stereocenters. The van der Waals surface area contributed by atoms with Crippen LogP contribution >= 0.6 is 0 Å². The highest BCUT2D eigenvalue weighted by Crippen LogP contribution is 2.33. The summed E-state index contributed by atoms with van der Waals surface area (Å²) in [5.41, 5.74) is 0.515. The van der Waals surface area contributed by atoms with E-state index in [2.05, 4.69) is 32.0 Å². The summed E-state index contributed by atoms with van der Waals surface area (Å²) in [7, 11) is 2.51. The number of rotatable bonds is 10. The van der Waals surface area contributed by atoms with Crippen molar-refractivity contribution < 1.29 is 27.9 Å². The van der Waals surface area contributed by atoms with Crippen LogP contribution in [0.25, 0.3) is 0 Å². The fraction of sp³-hybridized carbons (Fsp3) is 0.360. The van der Waals surface area contributed by atoms with Crippen molar-refractivity contribution in [3.63, 3.8) is 0 Å². The highest BCUT2D eigenvalue weighted by atomic mass is 19.1. The van der Waals surface area contributed by atoms with Crippen LogP contribution in [0.5, 0.6) is 17.2 Å². The molecule has 13 heteroatoms. The van der Waals surface area contributed by atoms with E-state index < -0.39 is 23.2 Å². The average molecular weight is 531 g/mol. The quantitative estimate of drug-likeness (QED) is 0.303. The molecule has 1 aromatic heterocycles. The third-order valence-corrected chi connectivity index (χ3v) is 6.29. The van der Waals surface area contributed by atoms with Gasteiger partial charge in [0.25, 0.3) is 5.69 Å². The summed E-state index contributed by atoms with van der Waals surface area (Å²) in [5.74, 6) is -1.97. The van der Waals surface area contributed by atoms with Crippen LogP contribution in [0, 0.1) is 21.7 Å². The Labute approximate surface area is 218 Å². The number of hydrogen-bond acceptors (Lipinski definition) is 10. The molecule has 0 spiro atoms. The minimum absolute atomic E-state index is 0.0881. The molecule has 3 aromatic rings. The van der Waals surface area contributed by atoms with Gasteiger partial charge in [0.2, 0.25) is 5.95 Å². The van der Waals surface area contributed by atoms with E-state index in [0.717, 1.165) is 44.5 Å². The van der Waals surface area contributed by atoms with Gasteiger partial charge in [-0.3, -0.25) is 10.1 Å². The predicted octanol–water partition coefficient (Wildman–Crippen LogP) is 4.14. The Morgan fingerprint density at radius 2 is 1.66 bits per heavy atom. The Balaban J connectivity index is 1.45. The summed E-state index contributed by atoms with van der Waals surface area (Å²) in [6, 6.07) is 6.08. The summed E-state index contributed by atoms with van der Waals surface area (Å²) in [5, 5.41) is 14.6. The maximum atomic E-state index is 14.5. The molecule has 1 aliphatic heterocycles. The monoisotopic (exact) mass is 530 g/mol. The summed E-state index contributed by atoms with van der Waals surface area (Å²) < 4.78 is 44.4. The van der Waals surface area contributed by atoms with Crippen LogP contribution in [0.15, 0.2) is 36.7 Å². The second kappa shape index (κ2) is 11.9. The highest BCUT2D eigenvalue weighted by molar-refractivity contribution is 5.71. The molecule has 38 heavy (non-hydrogen) atoms. The number of benzene rings is 2. The number of nitrogens with one attached hydrogen (secondary N) is 1. The van der Waals surface area contributed by atoms with Crippen molar-refractivity contribution in [1.29, 1.82) is 0 Å². The van der Waals surface area contributed by atoms with E-state index in [9.17, 15) is 18.9 Å². The number of ether oxygens (including phenoxy) is 3. The molecule has 0 unspecified atom stereocenters. The first-order valence-electron chi connectivity index (χ1n) is 11.9. The van der Waals surface area contributed by atoms with Gasteiger partial charge in [0, 0.05) is 44.0 Å². The number of halogens is 2. The molecule has 1 fully saturated rings. The maximum Gasteiger partial charge on any atom is 0.294 e. The Morgan fingerprint density at radius 3 is 2.21 bits per heavy atom. The molecule has 0 bridgehead atoms. The molecule has 11 nitrogen and oxygen atoms in total. The van der Waals surface area contributed by atoms with E-state index in [4.69, 9.17) is 14.2 Å². The summed E-state index contributed by atoms with van der Waals surface area (Å²) >= 11 is 0. The third-order valence-electron chi connectivity index (χ3n) is 6.29. The fourth-order valence-electron chi connectivity index (χ4n) is 4.09. The zero-order chi connectivity index (χ0) is 27.2. The lowest BCUT2D eigenvalue weighted by molar-refractivity contribution is -0.383. The second-order valence-corrected chi connectivity index (χ2v) is 8.42. The number of hydrogen-bond donors (Lipinski definition) is 1. The van der Waals surface area contributed by atoms with Crippen molar-refractivity contribution in [3.8, 4) is 17.2 Å². The van der Waals surface area contributed by atoms with Crippen molar-refractivity contribution in [2.45, 2.75) is 13.5 Å². The Hall–Kier alpha value is -4.26. The summed E-state index contributed by atoms with van der Waals surface area (Å²) in [6.45, 7) is 6.00. The molecule has 0 aliphatic carbocycles. The number of anilines is 3. The molecule has 4 rings (SSSR count). The van der Waals surface area contributed by atoms with Crippen molar-refractivity contribution in [3.05, 3.63) is 64.0 Å². The van der Waals surface area contributed by atoms with Crippen LogP contribution in [0.1, 0.15) is 12.5 Å². The van der Waals surface area contributed by atoms with E-state index >= 15 is 0 Å². The molecule has 1 N–H and O–H groups in total. The lowest BCUT2D eigenvalue weighted by Gasteiger charge is -2.35. The van der Waals surface area contributed by atoms with Gasteiger partial charge in [-0.05, 0) is 18.7 Å². The van der Waals surface area contributed by atoms with E-state index in [0.29, 0.717) is 0 Å². The molecule has 1 saturated heterocycles. The van der Waals surface area contributed by atoms with Crippen molar-refractivity contribution >= 4 is 23.0 Å². The normalized spacial score (nSPS) is 13.8. The second-order valence-electron chi connectivity index (χ2n) is 8.42. The van der Waals surface area contributed by atoms with Crippen molar-refractivity contribution in [1.82, 2.24) is 14.9 Å². The number of nitrogens with zero attached hydrogens (tertiary/aromatic N) is 5. The van der Waals surface area contributed by atoms with Crippen LogP contribution in [-0.2, 0) is 6.61 Å². The zero-order valence-electron chi connectivity index (χ0n) is 21.2. The summed E-state index contributed by atoms with van der Waals surface area (Å²) in [4.78, 5) is 24.0. The SMILES string of the molecule is CCN1CCN(c2ccc(Nc3ncc(OCc4c(F)c(OC)cc(OC)c4F)cn3)c([N+](=O)[O-])c2)CC1. The fourth-order valence-corrected chi connectivity index (χ4v) is 4.09. The topological polar surface area (TPSA) is 115 Å². The van der Waals surface area contributed by atoms with E-state index in [1.165, 1.54) is 32.7 Å². The molecule has 2 aromatic carbocycles. The van der Waals surface area contributed by atoms with Gasteiger partial charge >= 0.3 is 0 Å². The molecular formula is C25H28F2N6O5. The Morgan fingerprint density at radius 1 is 1.03 bits per heavy atom. The van der Waals surface area contributed by atoms with Gasteiger partial charge in [-0.1, -0.05) is 6.92 Å². The lowest BCUT2D eigenvalue weighted by Crippen LogP contribution is -2.46. The molecule has 0 radical (unpaired) electrons. The van der Waals surface area contributed by atoms with Gasteiger partial charge in [0.1, 0.15) is 12.3 Å². The van der Waals surface area contributed by atoms with Crippen molar-refractivity contribution in [2.24, 2.45) is 0 Å². The van der Waals surface area contributed by atoms with Gasteiger partial charge in [-0.15, -0.1) is 0 Å². The number of nitro groups is 1. The van der Waals surface area contributed by atoms with Gasteiger partial charge in [0.05, 0.1) is 37.1 Å². The smallest absolute Gasteiger partial charge is 0.294 e. The van der Waals surface area contributed by atoms with Gasteiger partial charge in [-0.25, -0.2) is 18.7 Å². The lowest BCUT2D eigenvalue weighted by atomic mass is 10.1. The van der Waals surface area contributed by atoms with Gasteiger partial charge in [0.15, 0.2) is 28.9 Å².